The Balaban J connectivity index is 2.43. The van der Waals surface area contributed by atoms with Crippen LogP contribution in [0.3, 0.4) is 0 Å². The number of sulfonamides is 1. The third-order valence-electron chi connectivity index (χ3n) is 2.55. The molecule has 21 heavy (non-hydrogen) atoms. The van der Waals surface area contributed by atoms with Crippen molar-refractivity contribution in [2.75, 3.05) is 4.72 Å². The minimum atomic E-state index is -4.02. The molecule has 0 fully saturated rings. The Morgan fingerprint density at radius 3 is 2.19 bits per heavy atom. The molecule has 0 aromatic heterocycles. The van der Waals surface area contributed by atoms with E-state index < -0.39 is 16.0 Å². The van der Waals surface area contributed by atoms with Gasteiger partial charge in [-0.3, -0.25) is 4.72 Å². The quantitative estimate of drug-likeness (QED) is 0.888. The molecule has 2 aromatic carbocycles. The van der Waals surface area contributed by atoms with Gasteiger partial charge in [0.2, 0.25) is 0 Å². The highest BCUT2D eigenvalue weighted by Crippen LogP contribution is 2.30. The SMILES string of the molecule is O=C(O)c1cccc(NS(=O)(=O)c2c(Cl)cccc2Cl)c1. The summed E-state index contributed by atoms with van der Waals surface area (Å²) in [5, 5.41) is 8.85. The fraction of sp³-hybridized carbons (Fsp3) is 0. The zero-order valence-corrected chi connectivity index (χ0v) is 12.7. The van der Waals surface area contributed by atoms with Crippen LogP contribution in [-0.4, -0.2) is 19.5 Å². The molecule has 0 aliphatic rings. The first-order valence-corrected chi connectivity index (χ1v) is 7.85. The molecule has 0 spiro atoms. The monoisotopic (exact) mass is 345 g/mol. The normalized spacial score (nSPS) is 11.1. The van der Waals surface area contributed by atoms with E-state index in [0.717, 1.165) is 0 Å². The molecule has 2 rings (SSSR count). The minimum Gasteiger partial charge on any atom is -0.478 e. The molecule has 2 aromatic rings. The number of carboxylic acid groups (broad SMARTS) is 1. The number of benzene rings is 2. The van der Waals surface area contributed by atoms with Crippen LogP contribution in [0.25, 0.3) is 0 Å². The first kappa shape index (κ1) is 15.6. The van der Waals surface area contributed by atoms with Gasteiger partial charge in [-0.25, -0.2) is 13.2 Å². The molecule has 0 unspecified atom stereocenters. The zero-order valence-electron chi connectivity index (χ0n) is 10.4. The number of nitrogens with one attached hydrogen (secondary N) is 1. The molecular weight excluding hydrogens is 337 g/mol. The van der Waals surface area contributed by atoms with Gasteiger partial charge in [-0.05, 0) is 30.3 Å². The number of hydrogen-bond acceptors (Lipinski definition) is 3. The fourth-order valence-electron chi connectivity index (χ4n) is 1.66. The van der Waals surface area contributed by atoms with Gasteiger partial charge in [0.15, 0.2) is 0 Å². The first-order chi connectivity index (χ1) is 9.81. The van der Waals surface area contributed by atoms with Gasteiger partial charge in [-0.2, -0.15) is 0 Å². The van der Waals surface area contributed by atoms with Crippen LogP contribution in [0.15, 0.2) is 47.4 Å². The number of rotatable bonds is 4. The zero-order chi connectivity index (χ0) is 15.6. The van der Waals surface area contributed by atoms with Crippen molar-refractivity contribution >= 4 is 44.9 Å². The van der Waals surface area contributed by atoms with Crippen molar-refractivity contribution in [2.24, 2.45) is 0 Å². The lowest BCUT2D eigenvalue weighted by Gasteiger charge is -2.11. The predicted molar refractivity (Wildman–Crippen MR) is 80.7 cm³/mol. The van der Waals surface area contributed by atoms with Gasteiger partial charge < -0.3 is 5.11 Å². The predicted octanol–water partition coefficient (Wildman–Crippen LogP) is 3.49. The standard InChI is InChI=1S/C13H9Cl2NO4S/c14-10-5-2-6-11(15)12(10)21(19,20)16-9-4-1-3-8(7-9)13(17)18/h1-7,16H,(H,17,18). The van der Waals surface area contributed by atoms with E-state index in [1.807, 2.05) is 0 Å². The van der Waals surface area contributed by atoms with Gasteiger partial charge in [0.1, 0.15) is 4.90 Å². The van der Waals surface area contributed by atoms with E-state index in [1.54, 1.807) is 0 Å². The number of carbonyl (C=O) groups is 1. The number of halogens is 2. The van der Waals surface area contributed by atoms with E-state index in [9.17, 15) is 13.2 Å². The summed E-state index contributed by atoms with van der Waals surface area (Å²) in [6.45, 7) is 0. The van der Waals surface area contributed by atoms with Gasteiger partial charge in [-0.15, -0.1) is 0 Å². The fourth-order valence-corrected chi connectivity index (χ4v) is 3.86. The average molecular weight is 346 g/mol. The Kier molecular flexibility index (Phi) is 4.41. The first-order valence-electron chi connectivity index (χ1n) is 5.61. The molecule has 2 N–H and O–H groups in total. The number of anilines is 1. The summed E-state index contributed by atoms with van der Waals surface area (Å²) in [4.78, 5) is 10.6. The van der Waals surface area contributed by atoms with Crippen molar-refractivity contribution in [3.8, 4) is 0 Å². The molecule has 5 nitrogen and oxygen atoms in total. The average Bonchev–Trinajstić information content (AvgIpc) is 2.37. The van der Waals surface area contributed by atoms with E-state index in [1.165, 1.54) is 42.5 Å². The highest BCUT2D eigenvalue weighted by molar-refractivity contribution is 7.93. The van der Waals surface area contributed by atoms with Gasteiger partial charge in [0, 0.05) is 5.69 Å². The second kappa shape index (κ2) is 5.93. The lowest BCUT2D eigenvalue weighted by molar-refractivity contribution is 0.0697. The van der Waals surface area contributed by atoms with Crippen molar-refractivity contribution in [1.82, 2.24) is 0 Å². The highest BCUT2D eigenvalue weighted by Gasteiger charge is 2.21. The van der Waals surface area contributed by atoms with Crippen LogP contribution in [0.2, 0.25) is 10.0 Å². The van der Waals surface area contributed by atoms with Crippen LogP contribution in [-0.2, 0) is 10.0 Å². The maximum atomic E-state index is 12.3. The smallest absolute Gasteiger partial charge is 0.335 e. The summed E-state index contributed by atoms with van der Waals surface area (Å²) in [5.41, 5.74) is 0.0614. The van der Waals surface area contributed by atoms with Crippen LogP contribution in [0.5, 0.6) is 0 Å². The molecule has 8 heteroatoms. The van der Waals surface area contributed by atoms with Crippen molar-refractivity contribution in [3.05, 3.63) is 58.1 Å². The Labute approximate surface area is 131 Å². The van der Waals surface area contributed by atoms with Crippen LogP contribution >= 0.6 is 23.2 Å². The third-order valence-corrected chi connectivity index (χ3v) is 4.89. The minimum absolute atomic E-state index is 0.0237. The number of hydrogen-bond donors (Lipinski definition) is 2. The Hall–Kier alpha value is -1.76. The lowest BCUT2D eigenvalue weighted by atomic mass is 10.2. The molecule has 0 bridgehead atoms. The third kappa shape index (κ3) is 3.47. The second-order valence-electron chi connectivity index (χ2n) is 4.04. The van der Waals surface area contributed by atoms with E-state index in [4.69, 9.17) is 28.3 Å². The molecular formula is C13H9Cl2NO4S. The summed E-state index contributed by atoms with van der Waals surface area (Å²) >= 11 is 11.7. The number of carboxylic acids is 1. The molecule has 0 heterocycles. The van der Waals surface area contributed by atoms with Crippen molar-refractivity contribution < 1.29 is 18.3 Å². The molecule has 110 valence electrons. The molecule has 0 atom stereocenters. The van der Waals surface area contributed by atoms with Gasteiger partial charge >= 0.3 is 5.97 Å². The molecule has 0 amide bonds. The molecule has 0 aliphatic carbocycles. The lowest BCUT2D eigenvalue weighted by Crippen LogP contribution is -2.14. The largest absolute Gasteiger partial charge is 0.478 e. The molecule has 0 aliphatic heterocycles. The Morgan fingerprint density at radius 2 is 1.62 bits per heavy atom. The van der Waals surface area contributed by atoms with E-state index in [-0.39, 0.29) is 26.2 Å². The van der Waals surface area contributed by atoms with Crippen LogP contribution in [0, 0.1) is 0 Å². The molecule has 0 radical (unpaired) electrons. The summed E-state index contributed by atoms with van der Waals surface area (Å²) in [5.74, 6) is -1.16. The Bertz CT molecular complexity index is 785. The Morgan fingerprint density at radius 1 is 1.05 bits per heavy atom. The van der Waals surface area contributed by atoms with Crippen molar-refractivity contribution in [3.63, 3.8) is 0 Å². The summed E-state index contributed by atoms with van der Waals surface area (Å²) in [7, 11) is -4.02. The molecule has 0 saturated heterocycles. The van der Waals surface area contributed by atoms with E-state index in [2.05, 4.69) is 4.72 Å². The van der Waals surface area contributed by atoms with Crippen molar-refractivity contribution in [1.29, 1.82) is 0 Å². The van der Waals surface area contributed by atoms with Gasteiger partial charge in [-0.1, -0.05) is 35.3 Å². The topological polar surface area (TPSA) is 83.5 Å². The number of aromatic carboxylic acids is 1. The maximum Gasteiger partial charge on any atom is 0.335 e. The van der Waals surface area contributed by atoms with Crippen LogP contribution < -0.4 is 4.72 Å². The summed E-state index contributed by atoms with van der Waals surface area (Å²) in [6.07, 6.45) is 0. The van der Waals surface area contributed by atoms with E-state index >= 15 is 0 Å². The van der Waals surface area contributed by atoms with Gasteiger partial charge in [0.25, 0.3) is 10.0 Å². The summed E-state index contributed by atoms with van der Waals surface area (Å²) < 4.78 is 26.8. The second-order valence-corrected chi connectivity index (χ2v) is 6.48. The maximum absolute atomic E-state index is 12.3. The summed E-state index contributed by atoms with van der Waals surface area (Å²) in [6, 6.07) is 9.72. The van der Waals surface area contributed by atoms with Gasteiger partial charge in [0.05, 0.1) is 15.6 Å². The van der Waals surface area contributed by atoms with E-state index in [0.29, 0.717) is 0 Å². The highest BCUT2D eigenvalue weighted by atomic mass is 35.5. The van der Waals surface area contributed by atoms with Crippen LogP contribution in [0.1, 0.15) is 10.4 Å². The molecule has 0 saturated carbocycles. The van der Waals surface area contributed by atoms with Crippen LogP contribution in [0.4, 0.5) is 5.69 Å². The van der Waals surface area contributed by atoms with Crippen molar-refractivity contribution in [2.45, 2.75) is 4.90 Å².